The highest BCUT2D eigenvalue weighted by Gasteiger charge is 2.24. The first kappa shape index (κ1) is 18.5. The number of hydrogen-bond acceptors (Lipinski definition) is 3. The first-order chi connectivity index (χ1) is 11.1. The highest BCUT2D eigenvalue weighted by atomic mass is 16.3. The van der Waals surface area contributed by atoms with Crippen molar-refractivity contribution in [3.05, 3.63) is 0 Å². The smallest absolute Gasteiger partial charge is 0.317 e. The minimum Gasteiger partial charge on any atom is -0.396 e. The van der Waals surface area contributed by atoms with Gasteiger partial charge < -0.3 is 20.2 Å². The molecule has 5 heteroatoms. The summed E-state index contributed by atoms with van der Waals surface area (Å²) in [6, 6.07) is 0.0605. The zero-order valence-electron chi connectivity index (χ0n) is 15.0. The van der Waals surface area contributed by atoms with Crippen LogP contribution in [0.15, 0.2) is 0 Å². The van der Waals surface area contributed by atoms with Gasteiger partial charge in [0.25, 0.3) is 0 Å². The second kappa shape index (κ2) is 9.48. The number of nitrogens with one attached hydrogen (secondary N) is 1. The fraction of sp³-hybridized carbons (Fsp3) is 0.944. The Hall–Kier alpha value is -0.810. The molecule has 5 nitrogen and oxygen atoms in total. The van der Waals surface area contributed by atoms with Crippen LogP contribution >= 0.6 is 0 Å². The third-order valence-corrected chi connectivity index (χ3v) is 5.34. The molecule has 2 saturated heterocycles. The lowest BCUT2D eigenvalue weighted by Gasteiger charge is -2.34. The van der Waals surface area contributed by atoms with Gasteiger partial charge in [0.1, 0.15) is 0 Å². The van der Waals surface area contributed by atoms with Gasteiger partial charge in [-0.15, -0.1) is 0 Å². The predicted octanol–water partition coefficient (Wildman–Crippen LogP) is 2.16. The SMILES string of the molecule is CC(C)CCN1CCC(CNC(=O)N2CCCC(CO)C2)CC1. The zero-order valence-corrected chi connectivity index (χ0v) is 15.0. The summed E-state index contributed by atoms with van der Waals surface area (Å²) in [6.07, 6.45) is 5.71. The van der Waals surface area contributed by atoms with Crippen LogP contribution in [-0.4, -0.2) is 66.8 Å². The molecule has 0 saturated carbocycles. The third kappa shape index (κ3) is 6.30. The summed E-state index contributed by atoms with van der Waals surface area (Å²) in [7, 11) is 0. The predicted molar refractivity (Wildman–Crippen MR) is 93.4 cm³/mol. The summed E-state index contributed by atoms with van der Waals surface area (Å²) in [5.41, 5.74) is 0. The molecule has 0 bridgehead atoms. The molecule has 23 heavy (non-hydrogen) atoms. The van der Waals surface area contributed by atoms with Gasteiger partial charge in [-0.3, -0.25) is 0 Å². The van der Waals surface area contributed by atoms with E-state index in [2.05, 4.69) is 24.1 Å². The molecule has 0 aromatic rings. The fourth-order valence-corrected chi connectivity index (χ4v) is 3.60. The topological polar surface area (TPSA) is 55.8 Å². The van der Waals surface area contributed by atoms with Gasteiger partial charge in [-0.05, 0) is 69.5 Å². The standard InChI is InChI=1S/C18H35N3O2/c1-15(2)5-9-20-10-6-16(7-11-20)12-19-18(23)21-8-3-4-17(13-21)14-22/h15-17,22H,3-14H2,1-2H3,(H,19,23). The molecule has 0 aromatic heterocycles. The van der Waals surface area contributed by atoms with E-state index in [4.69, 9.17) is 0 Å². The molecule has 1 unspecified atom stereocenters. The second-order valence-corrected chi connectivity index (χ2v) is 7.79. The fourth-order valence-electron chi connectivity index (χ4n) is 3.60. The van der Waals surface area contributed by atoms with E-state index >= 15 is 0 Å². The Morgan fingerprint density at radius 3 is 2.57 bits per heavy atom. The number of urea groups is 1. The molecule has 2 rings (SSSR count). The van der Waals surface area contributed by atoms with Gasteiger partial charge in [-0.2, -0.15) is 0 Å². The van der Waals surface area contributed by atoms with E-state index < -0.39 is 0 Å². The molecular formula is C18H35N3O2. The van der Waals surface area contributed by atoms with E-state index in [1.807, 2.05) is 4.90 Å². The summed E-state index contributed by atoms with van der Waals surface area (Å²) < 4.78 is 0. The molecule has 0 radical (unpaired) electrons. The second-order valence-electron chi connectivity index (χ2n) is 7.79. The van der Waals surface area contributed by atoms with E-state index in [0.717, 1.165) is 31.8 Å². The highest BCUT2D eigenvalue weighted by Crippen LogP contribution is 2.18. The van der Waals surface area contributed by atoms with E-state index in [-0.39, 0.29) is 18.6 Å². The summed E-state index contributed by atoms with van der Waals surface area (Å²) in [4.78, 5) is 16.7. The van der Waals surface area contributed by atoms with Crippen molar-refractivity contribution in [2.24, 2.45) is 17.8 Å². The third-order valence-electron chi connectivity index (χ3n) is 5.34. The van der Waals surface area contributed by atoms with E-state index in [0.29, 0.717) is 12.5 Å². The molecule has 2 aliphatic rings. The molecule has 2 amide bonds. The normalized spacial score (nSPS) is 24.2. The van der Waals surface area contributed by atoms with Gasteiger partial charge in [-0.1, -0.05) is 13.8 Å². The maximum absolute atomic E-state index is 12.3. The number of likely N-dealkylation sites (tertiary alicyclic amines) is 2. The number of nitrogens with zero attached hydrogens (tertiary/aromatic N) is 2. The summed E-state index contributed by atoms with van der Waals surface area (Å²) in [5, 5.41) is 12.4. The Balaban J connectivity index is 1.62. The molecule has 2 N–H and O–H groups in total. The largest absolute Gasteiger partial charge is 0.396 e. The Labute approximate surface area is 141 Å². The summed E-state index contributed by atoms with van der Waals surface area (Å²) in [6.45, 7) is 10.6. The molecular weight excluding hydrogens is 290 g/mol. The summed E-state index contributed by atoms with van der Waals surface area (Å²) >= 11 is 0. The molecule has 1 atom stereocenters. The van der Waals surface area contributed by atoms with Crippen LogP contribution in [0.5, 0.6) is 0 Å². The van der Waals surface area contributed by atoms with Crippen LogP contribution in [0.25, 0.3) is 0 Å². The Bertz CT molecular complexity index is 354. The van der Waals surface area contributed by atoms with Gasteiger partial charge in [0.05, 0.1) is 0 Å². The van der Waals surface area contributed by atoms with E-state index in [1.54, 1.807) is 0 Å². The maximum atomic E-state index is 12.3. The number of carbonyl (C=O) groups excluding carboxylic acids is 1. The summed E-state index contributed by atoms with van der Waals surface area (Å²) in [5.74, 6) is 1.66. The molecule has 0 aromatic carbocycles. The average Bonchev–Trinajstić information content (AvgIpc) is 2.58. The molecule has 0 aliphatic carbocycles. The van der Waals surface area contributed by atoms with Crippen molar-refractivity contribution in [1.29, 1.82) is 0 Å². The van der Waals surface area contributed by atoms with Crippen LogP contribution in [0.3, 0.4) is 0 Å². The lowest BCUT2D eigenvalue weighted by molar-refractivity contribution is 0.126. The van der Waals surface area contributed by atoms with E-state index in [9.17, 15) is 9.90 Å². The average molecular weight is 325 g/mol. The molecule has 2 fully saturated rings. The Morgan fingerprint density at radius 2 is 1.91 bits per heavy atom. The van der Waals surface area contributed by atoms with Crippen LogP contribution in [0.2, 0.25) is 0 Å². The van der Waals surface area contributed by atoms with Crippen molar-refractivity contribution >= 4 is 6.03 Å². The van der Waals surface area contributed by atoms with Gasteiger partial charge in [0.15, 0.2) is 0 Å². The number of carbonyl (C=O) groups is 1. The number of aliphatic hydroxyl groups excluding tert-OH is 1. The van der Waals surface area contributed by atoms with E-state index in [1.165, 1.54) is 38.9 Å². The quantitative estimate of drug-likeness (QED) is 0.787. The van der Waals surface area contributed by atoms with Crippen molar-refractivity contribution in [2.75, 3.05) is 45.9 Å². The first-order valence-corrected chi connectivity index (χ1v) is 9.44. The van der Waals surface area contributed by atoms with Crippen LogP contribution in [0.4, 0.5) is 4.79 Å². The lowest BCUT2D eigenvalue weighted by atomic mass is 9.96. The molecule has 0 spiro atoms. The monoisotopic (exact) mass is 325 g/mol. The number of rotatable bonds is 6. The number of aliphatic hydroxyl groups is 1. The van der Waals surface area contributed by atoms with Gasteiger partial charge in [0, 0.05) is 26.2 Å². The first-order valence-electron chi connectivity index (χ1n) is 9.44. The number of piperidine rings is 2. The van der Waals surface area contributed by atoms with Gasteiger partial charge in [0.2, 0.25) is 0 Å². The number of hydrogen-bond donors (Lipinski definition) is 2. The van der Waals surface area contributed by atoms with Crippen LogP contribution in [0, 0.1) is 17.8 Å². The molecule has 134 valence electrons. The van der Waals surface area contributed by atoms with Crippen molar-refractivity contribution in [3.63, 3.8) is 0 Å². The van der Waals surface area contributed by atoms with Crippen molar-refractivity contribution in [2.45, 2.75) is 46.0 Å². The Morgan fingerprint density at radius 1 is 1.17 bits per heavy atom. The molecule has 2 aliphatic heterocycles. The van der Waals surface area contributed by atoms with Crippen LogP contribution < -0.4 is 5.32 Å². The maximum Gasteiger partial charge on any atom is 0.317 e. The lowest BCUT2D eigenvalue weighted by Crippen LogP contribution is -2.48. The van der Waals surface area contributed by atoms with Gasteiger partial charge in [-0.25, -0.2) is 4.79 Å². The Kier molecular flexibility index (Phi) is 7.63. The van der Waals surface area contributed by atoms with Crippen molar-refractivity contribution in [1.82, 2.24) is 15.1 Å². The van der Waals surface area contributed by atoms with Crippen LogP contribution in [-0.2, 0) is 0 Å². The molecule has 2 heterocycles. The number of amides is 2. The van der Waals surface area contributed by atoms with Crippen LogP contribution in [0.1, 0.15) is 46.0 Å². The minimum atomic E-state index is 0.0605. The zero-order chi connectivity index (χ0) is 16.7. The van der Waals surface area contributed by atoms with Gasteiger partial charge >= 0.3 is 6.03 Å². The highest BCUT2D eigenvalue weighted by molar-refractivity contribution is 5.74. The van der Waals surface area contributed by atoms with Crippen molar-refractivity contribution in [3.8, 4) is 0 Å². The van der Waals surface area contributed by atoms with Crippen molar-refractivity contribution < 1.29 is 9.90 Å². The minimum absolute atomic E-state index is 0.0605.